The van der Waals surface area contributed by atoms with E-state index in [2.05, 4.69) is 10.3 Å². The molecule has 1 N–H and O–H groups in total. The van der Waals surface area contributed by atoms with Gasteiger partial charge in [-0.2, -0.15) is 0 Å². The number of amides is 1. The Morgan fingerprint density at radius 1 is 1.14 bits per heavy atom. The number of esters is 1. The van der Waals surface area contributed by atoms with Crippen molar-refractivity contribution in [2.24, 2.45) is 0 Å². The normalized spacial score (nSPS) is 10.4. The lowest BCUT2D eigenvalue weighted by Gasteiger charge is -2.09. The molecule has 6 nitrogen and oxygen atoms in total. The van der Waals surface area contributed by atoms with E-state index in [1.807, 2.05) is 12.1 Å². The predicted molar refractivity (Wildman–Crippen MR) is 109 cm³/mol. The van der Waals surface area contributed by atoms with Crippen LogP contribution >= 0.6 is 22.9 Å². The van der Waals surface area contributed by atoms with Crippen LogP contribution < -0.4 is 10.1 Å². The van der Waals surface area contributed by atoms with E-state index in [9.17, 15) is 9.59 Å². The first kappa shape index (κ1) is 19.9. The van der Waals surface area contributed by atoms with Gasteiger partial charge in [-0.1, -0.05) is 35.9 Å². The maximum Gasteiger partial charge on any atom is 0.350 e. The molecule has 1 aromatic heterocycles. The SMILES string of the molecule is COc1ccccc1NC(=O)COC(=O)c1sc(-c2ccc(Cl)cc2)nc1C. The van der Waals surface area contributed by atoms with Crippen LogP contribution in [0, 0.1) is 6.92 Å². The molecule has 2 aromatic carbocycles. The Morgan fingerprint density at radius 3 is 2.57 bits per heavy atom. The summed E-state index contributed by atoms with van der Waals surface area (Å²) in [7, 11) is 1.51. The highest BCUT2D eigenvalue weighted by molar-refractivity contribution is 7.17. The number of ether oxygens (including phenoxy) is 2. The van der Waals surface area contributed by atoms with Crippen LogP contribution in [0.5, 0.6) is 5.75 Å². The number of halogens is 1. The molecule has 144 valence electrons. The minimum Gasteiger partial charge on any atom is -0.495 e. The molecule has 1 amide bonds. The van der Waals surface area contributed by atoms with E-state index < -0.39 is 18.5 Å². The lowest BCUT2D eigenvalue weighted by molar-refractivity contribution is -0.119. The summed E-state index contributed by atoms with van der Waals surface area (Å²) >= 11 is 7.10. The van der Waals surface area contributed by atoms with Gasteiger partial charge in [-0.25, -0.2) is 9.78 Å². The molecule has 0 fully saturated rings. The van der Waals surface area contributed by atoms with Crippen molar-refractivity contribution in [3.05, 3.63) is 64.1 Å². The van der Waals surface area contributed by atoms with Crippen LogP contribution in [-0.4, -0.2) is 30.6 Å². The lowest BCUT2D eigenvalue weighted by atomic mass is 10.2. The molecule has 8 heteroatoms. The third-order valence-electron chi connectivity index (χ3n) is 3.79. The maximum atomic E-state index is 12.4. The molecule has 0 saturated carbocycles. The summed E-state index contributed by atoms with van der Waals surface area (Å²) in [5, 5.41) is 3.96. The van der Waals surface area contributed by atoms with Gasteiger partial charge in [0.15, 0.2) is 6.61 Å². The number of anilines is 1. The van der Waals surface area contributed by atoms with Gasteiger partial charge >= 0.3 is 5.97 Å². The number of aromatic nitrogens is 1. The van der Waals surface area contributed by atoms with Crippen molar-refractivity contribution in [1.29, 1.82) is 0 Å². The van der Waals surface area contributed by atoms with E-state index in [1.165, 1.54) is 18.4 Å². The number of aryl methyl sites for hydroxylation is 1. The Morgan fingerprint density at radius 2 is 1.86 bits per heavy atom. The molecule has 0 unspecified atom stereocenters. The van der Waals surface area contributed by atoms with Crippen molar-refractivity contribution in [3.8, 4) is 16.3 Å². The van der Waals surface area contributed by atoms with Crippen LogP contribution in [0.25, 0.3) is 10.6 Å². The summed E-state index contributed by atoms with van der Waals surface area (Å²) in [6.07, 6.45) is 0. The second kappa shape index (κ2) is 8.86. The van der Waals surface area contributed by atoms with Crippen LogP contribution in [0.4, 0.5) is 5.69 Å². The Labute approximate surface area is 171 Å². The number of carbonyl (C=O) groups excluding carboxylic acids is 2. The van der Waals surface area contributed by atoms with Crippen molar-refractivity contribution in [1.82, 2.24) is 4.98 Å². The van der Waals surface area contributed by atoms with Crippen LogP contribution in [0.2, 0.25) is 5.02 Å². The number of hydrogen-bond acceptors (Lipinski definition) is 6. The van der Waals surface area contributed by atoms with E-state index in [4.69, 9.17) is 21.1 Å². The molecule has 0 aliphatic carbocycles. The number of nitrogens with zero attached hydrogens (tertiary/aromatic N) is 1. The highest BCUT2D eigenvalue weighted by Gasteiger charge is 2.19. The molecule has 0 aliphatic heterocycles. The Kier molecular flexibility index (Phi) is 6.28. The van der Waals surface area contributed by atoms with Crippen LogP contribution in [-0.2, 0) is 9.53 Å². The summed E-state index contributed by atoms with van der Waals surface area (Å²) < 4.78 is 10.3. The zero-order valence-corrected chi connectivity index (χ0v) is 16.8. The molecule has 0 bridgehead atoms. The van der Waals surface area contributed by atoms with Gasteiger partial charge in [-0.15, -0.1) is 11.3 Å². The summed E-state index contributed by atoms with van der Waals surface area (Å²) in [6.45, 7) is 1.31. The van der Waals surface area contributed by atoms with Gasteiger partial charge < -0.3 is 14.8 Å². The van der Waals surface area contributed by atoms with Crippen molar-refractivity contribution >= 4 is 40.5 Å². The molecular formula is C20H17ClN2O4S. The van der Waals surface area contributed by atoms with Crippen LogP contribution in [0.15, 0.2) is 48.5 Å². The first-order valence-corrected chi connectivity index (χ1v) is 9.50. The predicted octanol–water partition coefficient (Wildman–Crippen LogP) is 4.58. The Balaban J connectivity index is 1.63. The van der Waals surface area contributed by atoms with Crippen LogP contribution in [0.1, 0.15) is 15.4 Å². The maximum absolute atomic E-state index is 12.4. The van der Waals surface area contributed by atoms with E-state index >= 15 is 0 Å². The zero-order chi connectivity index (χ0) is 20.1. The molecule has 0 radical (unpaired) electrons. The van der Waals surface area contributed by atoms with E-state index in [0.29, 0.717) is 32.0 Å². The molecule has 0 saturated heterocycles. The standard InChI is InChI=1S/C20H17ClN2O4S/c1-12-18(28-19(22-12)13-7-9-14(21)10-8-13)20(25)27-11-17(24)23-15-5-3-4-6-16(15)26-2/h3-10H,11H2,1-2H3,(H,23,24). The average molecular weight is 417 g/mol. The van der Waals surface area contributed by atoms with Crippen molar-refractivity contribution in [3.63, 3.8) is 0 Å². The van der Waals surface area contributed by atoms with Crippen LogP contribution in [0.3, 0.4) is 0 Å². The van der Waals surface area contributed by atoms with Crippen molar-refractivity contribution in [2.75, 3.05) is 19.0 Å². The number of hydrogen-bond donors (Lipinski definition) is 1. The summed E-state index contributed by atoms with van der Waals surface area (Å²) in [4.78, 5) is 29.2. The number of nitrogens with one attached hydrogen (secondary N) is 1. The molecule has 3 aromatic rings. The van der Waals surface area contributed by atoms with E-state index in [1.54, 1.807) is 43.3 Å². The largest absolute Gasteiger partial charge is 0.495 e. The monoisotopic (exact) mass is 416 g/mol. The minimum atomic E-state index is -0.592. The smallest absolute Gasteiger partial charge is 0.350 e. The molecule has 0 aliphatic rings. The fourth-order valence-corrected chi connectivity index (χ4v) is 3.52. The van der Waals surface area contributed by atoms with Gasteiger partial charge in [0.25, 0.3) is 5.91 Å². The Bertz CT molecular complexity index is 1000. The van der Waals surface area contributed by atoms with Gasteiger partial charge in [-0.05, 0) is 31.2 Å². The molecule has 3 rings (SSSR count). The third kappa shape index (κ3) is 4.68. The summed E-state index contributed by atoms with van der Waals surface area (Å²) in [5.41, 5.74) is 1.90. The first-order chi connectivity index (χ1) is 13.5. The van der Waals surface area contributed by atoms with Gasteiger partial charge in [0.2, 0.25) is 0 Å². The van der Waals surface area contributed by atoms with Crippen molar-refractivity contribution < 1.29 is 19.1 Å². The van der Waals surface area contributed by atoms with Crippen molar-refractivity contribution in [2.45, 2.75) is 6.92 Å². The number of benzene rings is 2. The first-order valence-electron chi connectivity index (χ1n) is 8.31. The number of rotatable bonds is 6. The number of para-hydroxylation sites is 2. The second-order valence-electron chi connectivity index (χ2n) is 5.77. The molecule has 28 heavy (non-hydrogen) atoms. The highest BCUT2D eigenvalue weighted by atomic mass is 35.5. The molecule has 1 heterocycles. The second-order valence-corrected chi connectivity index (χ2v) is 7.20. The van der Waals surface area contributed by atoms with Gasteiger partial charge in [0.1, 0.15) is 15.6 Å². The zero-order valence-electron chi connectivity index (χ0n) is 15.2. The van der Waals surface area contributed by atoms with Gasteiger partial charge in [0, 0.05) is 10.6 Å². The molecule has 0 spiro atoms. The average Bonchev–Trinajstić information content (AvgIpc) is 3.09. The molecule has 0 atom stereocenters. The van der Waals surface area contributed by atoms with E-state index in [-0.39, 0.29) is 0 Å². The number of methoxy groups -OCH3 is 1. The third-order valence-corrected chi connectivity index (χ3v) is 5.23. The minimum absolute atomic E-state index is 0.357. The topological polar surface area (TPSA) is 77.5 Å². The van der Waals surface area contributed by atoms with E-state index in [0.717, 1.165) is 5.56 Å². The fourth-order valence-electron chi connectivity index (χ4n) is 2.43. The summed E-state index contributed by atoms with van der Waals surface area (Å²) in [6, 6.07) is 14.2. The van der Waals surface area contributed by atoms with Gasteiger partial charge in [0.05, 0.1) is 18.5 Å². The summed E-state index contributed by atoms with van der Waals surface area (Å²) in [5.74, 6) is -0.531. The lowest BCUT2D eigenvalue weighted by Crippen LogP contribution is -2.21. The number of carbonyl (C=O) groups is 2. The quantitative estimate of drug-likeness (QED) is 0.595. The Hall–Kier alpha value is -2.90. The highest BCUT2D eigenvalue weighted by Crippen LogP contribution is 2.29. The number of thiazole rings is 1. The fraction of sp³-hybridized carbons (Fsp3) is 0.150. The molecular weight excluding hydrogens is 400 g/mol. The van der Waals surface area contributed by atoms with Gasteiger partial charge in [-0.3, -0.25) is 4.79 Å².